The van der Waals surface area contributed by atoms with Crippen molar-refractivity contribution in [2.45, 2.75) is 38.6 Å². The zero-order valence-corrected chi connectivity index (χ0v) is 9.22. The summed E-state index contributed by atoms with van der Waals surface area (Å²) in [6.45, 7) is 3.80. The van der Waals surface area contributed by atoms with Gasteiger partial charge in [0.2, 0.25) is 0 Å². The molecule has 14 heavy (non-hydrogen) atoms. The Bertz CT molecular complexity index is 332. The second-order valence-electron chi connectivity index (χ2n) is 3.90. The lowest BCUT2D eigenvalue weighted by Crippen LogP contribution is -2.18. The van der Waals surface area contributed by atoms with E-state index in [9.17, 15) is 0 Å². The summed E-state index contributed by atoms with van der Waals surface area (Å²) in [5.74, 6) is 1.55. The number of nitrogens with two attached hydrogens (primary N) is 1. The summed E-state index contributed by atoms with van der Waals surface area (Å²) in [5, 5.41) is 0.681. The van der Waals surface area contributed by atoms with Gasteiger partial charge >= 0.3 is 0 Å². The molecule has 2 heterocycles. The van der Waals surface area contributed by atoms with E-state index in [1.807, 2.05) is 6.92 Å². The molecule has 1 unspecified atom stereocenters. The van der Waals surface area contributed by atoms with Gasteiger partial charge in [0.15, 0.2) is 5.15 Å². The highest BCUT2D eigenvalue weighted by molar-refractivity contribution is 6.30. The number of aryl methyl sites for hydroxylation is 1. The lowest BCUT2D eigenvalue weighted by Gasteiger charge is -2.24. The Labute approximate surface area is 89.3 Å². The Kier molecular flexibility index (Phi) is 2.79. The topological polar surface area (TPSA) is 43.8 Å². The Morgan fingerprint density at radius 3 is 3.14 bits per heavy atom. The van der Waals surface area contributed by atoms with Gasteiger partial charge in [-0.2, -0.15) is 0 Å². The van der Waals surface area contributed by atoms with E-state index in [2.05, 4.69) is 9.55 Å². The molecule has 0 aromatic carbocycles. The first-order valence-electron chi connectivity index (χ1n) is 5.16. The van der Waals surface area contributed by atoms with Crippen LogP contribution in [0.25, 0.3) is 0 Å². The molecule has 0 radical (unpaired) electrons. The van der Waals surface area contributed by atoms with Gasteiger partial charge in [0, 0.05) is 12.5 Å². The monoisotopic (exact) mass is 213 g/mol. The molecule has 0 aliphatic carbocycles. The summed E-state index contributed by atoms with van der Waals surface area (Å²) in [4.78, 5) is 4.31. The fraction of sp³-hybridized carbons (Fsp3) is 0.700. The van der Waals surface area contributed by atoms with Crippen LogP contribution in [0.5, 0.6) is 0 Å². The molecule has 1 aromatic heterocycles. The summed E-state index contributed by atoms with van der Waals surface area (Å²) >= 11 is 6.12. The highest BCUT2D eigenvalue weighted by Crippen LogP contribution is 2.35. The quantitative estimate of drug-likeness (QED) is 0.818. The first kappa shape index (κ1) is 9.99. The molecule has 0 fully saturated rings. The van der Waals surface area contributed by atoms with Crippen LogP contribution in [-0.2, 0) is 6.54 Å². The molecule has 2 N–H and O–H groups in total. The van der Waals surface area contributed by atoms with Crippen molar-refractivity contribution in [2.24, 2.45) is 5.73 Å². The van der Waals surface area contributed by atoms with Gasteiger partial charge in [-0.15, -0.1) is 0 Å². The molecule has 1 atom stereocenters. The van der Waals surface area contributed by atoms with E-state index in [-0.39, 0.29) is 0 Å². The van der Waals surface area contributed by atoms with Crippen LogP contribution in [0, 0.1) is 6.92 Å². The van der Waals surface area contributed by atoms with Gasteiger partial charge in [-0.05, 0) is 32.7 Å². The van der Waals surface area contributed by atoms with Crippen LogP contribution in [0.4, 0.5) is 0 Å². The third-order valence-corrected chi connectivity index (χ3v) is 3.27. The van der Waals surface area contributed by atoms with Crippen LogP contribution in [-0.4, -0.2) is 16.1 Å². The second kappa shape index (κ2) is 3.91. The Hall–Kier alpha value is -0.540. The molecular formula is C10H16ClN3. The highest BCUT2D eigenvalue weighted by Gasteiger charge is 2.25. The van der Waals surface area contributed by atoms with Crippen molar-refractivity contribution >= 4 is 11.6 Å². The molecule has 0 amide bonds. The molecule has 1 aliphatic heterocycles. The van der Waals surface area contributed by atoms with Gasteiger partial charge in [0.25, 0.3) is 0 Å². The lowest BCUT2D eigenvalue weighted by atomic mass is 9.93. The predicted octanol–water partition coefficient (Wildman–Crippen LogP) is 2.07. The summed E-state index contributed by atoms with van der Waals surface area (Å²) in [6.07, 6.45) is 3.43. The fourth-order valence-electron chi connectivity index (χ4n) is 2.33. The fourth-order valence-corrected chi connectivity index (χ4v) is 2.71. The Balaban J connectivity index is 2.37. The van der Waals surface area contributed by atoms with Crippen molar-refractivity contribution < 1.29 is 0 Å². The molecule has 1 aliphatic rings. The van der Waals surface area contributed by atoms with E-state index in [4.69, 9.17) is 17.3 Å². The minimum Gasteiger partial charge on any atom is -0.331 e. The van der Waals surface area contributed by atoms with Gasteiger partial charge in [0.1, 0.15) is 5.82 Å². The van der Waals surface area contributed by atoms with E-state index >= 15 is 0 Å². The predicted molar refractivity (Wildman–Crippen MR) is 57.6 cm³/mol. The van der Waals surface area contributed by atoms with E-state index < -0.39 is 0 Å². The lowest BCUT2D eigenvalue weighted by molar-refractivity contribution is 0.434. The molecule has 1 aromatic rings. The third-order valence-electron chi connectivity index (χ3n) is 2.99. The zero-order valence-electron chi connectivity index (χ0n) is 8.46. The van der Waals surface area contributed by atoms with Crippen molar-refractivity contribution in [3.63, 3.8) is 0 Å². The maximum absolute atomic E-state index is 6.12. The van der Waals surface area contributed by atoms with Gasteiger partial charge < -0.3 is 10.3 Å². The maximum atomic E-state index is 6.12. The van der Waals surface area contributed by atoms with Gasteiger partial charge in [0.05, 0.1) is 5.69 Å². The smallest absolute Gasteiger partial charge is 0.150 e. The average Bonchev–Trinajstić information content (AvgIpc) is 2.44. The van der Waals surface area contributed by atoms with Crippen molar-refractivity contribution in [1.82, 2.24) is 9.55 Å². The van der Waals surface area contributed by atoms with Crippen LogP contribution >= 0.6 is 11.6 Å². The summed E-state index contributed by atoms with van der Waals surface area (Å²) in [5.41, 5.74) is 6.81. The Morgan fingerprint density at radius 2 is 2.43 bits per heavy atom. The van der Waals surface area contributed by atoms with Crippen LogP contribution < -0.4 is 5.73 Å². The van der Waals surface area contributed by atoms with Crippen LogP contribution in [0.15, 0.2) is 0 Å². The van der Waals surface area contributed by atoms with Gasteiger partial charge in [-0.1, -0.05) is 11.6 Å². The van der Waals surface area contributed by atoms with Crippen LogP contribution in [0.1, 0.15) is 36.7 Å². The van der Waals surface area contributed by atoms with E-state index in [0.29, 0.717) is 11.1 Å². The number of nitrogens with zero attached hydrogens (tertiary/aromatic N) is 2. The standard InChI is InChI=1S/C10H16ClN3/c1-7-13-10(11)9-8(4-5-12)3-2-6-14(7)9/h8H,2-6,12H2,1H3. The number of imidazole rings is 1. The normalized spacial score (nSPS) is 20.9. The first-order valence-corrected chi connectivity index (χ1v) is 5.54. The first-order chi connectivity index (χ1) is 6.74. The minimum absolute atomic E-state index is 0.516. The molecule has 0 spiro atoms. The number of fused-ring (bicyclic) bond motifs is 1. The molecule has 4 heteroatoms. The van der Waals surface area contributed by atoms with Crippen LogP contribution in [0.3, 0.4) is 0 Å². The zero-order chi connectivity index (χ0) is 10.1. The van der Waals surface area contributed by atoms with Crippen molar-refractivity contribution in [1.29, 1.82) is 0 Å². The number of aromatic nitrogens is 2. The van der Waals surface area contributed by atoms with Crippen molar-refractivity contribution in [3.8, 4) is 0 Å². The summed E-state index contributed by atoms with van der Waals surface area (Å²) in [6, 6.07) is 0. The highest BCUT2D eigenvalue weighted by atomic mass is 35.5. The second-order valence-corrected chi connectivity index (χ2v) is 4.26. The minimum atomic E-state index is 0.516. The number of hydrogen-bond acceptors (Lipinski definition) is 2. The molecule has 2 rings (SSSR count). The van der Waals surface area contributed by atoms with E-state index in [1.54, 1.807) is 0 Å². The molecule has 78 valence electrons. The third kappa shape index (κ3) is 1.55. The largest absolute Gasteiger partial charge is 0.331 e. The molecule has 0 saturated carbocycles. The van der Waals surface area contributed by atoms with Crippen molar-refractivity contribution in [3.05, 3.63) is 16.7 Å². The number of hydrogen-bond donors (Lipinski definition) is 1. The SMILES string of the molecule is Cc1nc(Cl)c2n1CCCC2CCN. The number of rotatable bonds is 2. The summed E-state index contributed by atoms with van der Waals surface area (Å²) in [7, 11) is 0. The van der Waals surface area contributed by atoms with Crippen molar-refractivity contribution in [2.75, 3.05) is 6.54 Å². The van der Waals surface area contributed by atoms with E-state index in [1.165, 1.54) is 18.5 Å². The molecule has 0 saturated heterocycles. The average molecular weight is 214 g/mol. The van der Waals surface area contributed by atoms with Crippen LogP contribution in [0.2, 0.25) is 5.15 Å². The van der Waals surface area contributed by atoms with E-state index in [0.717, 1.165) is 25.3 Å². The maximum Gasteiger partial charge on any atom is 0.150 e. The van der Waals surface area contributed by atoms with Gasteiger partial charge in [-0.3, -0.25) is 0 Å². The number of halogens is 1. The Morgan fingerprint density at radius 1 is 1.64 bits per heavy atom. The summed E-state index contributed by atoms with van der Waals surface area (Å²) < 4.78 is 2.24. The van der Waals surface area contributed by atoms with Gasteiger partial charge in [-0.25, -0.2) is 4.98 Å². The molecular weight excluding hydrogens is 198 g/mol. The molecule has 3 nitrogen and oxygen atoms in total. The molecule has 0 bridgehead atoms.